The second-order valence-electron chi connectivity index (χ2n) is 2.08. The smallest absolute Gasteiger partial charge is 0.141 e. The Kier molecular flexibility index (Phi) is 8.85. The molecule has 0 heterocycles. The van der Waals surface area contributed by atoms with Crippen molar-refractivity contribution in [1.82, 2.24) is 0 Å². The van der Waals surface area contributed by atoms with E-state index in [9.17, 15) is 4.39 Å². The summed E-state index contributed by atoms with van der Waals surface area (Å²) in [5.74, 6) is -0.584. The fourth-order valence-corrected chi connectivity index (χ4v) is 0.748. The normalized spacial score (nSPS) is 7.64. The van der Waals surface area contributed by atoms with Gasteiger partial charge in [-0.1, -0.05) is 27.3 Å². The van der Waals surface area contributed by atoms with Crippen LogP contribution in [0.15, 0.2) is 18.2 Å². The van der Waals surface area contributed by atoms with Crippen LogP contribution >= 0.6 is 0 Å². The van der Waals surface area contributed by atoms with Crippen LogP contribution in [-0.2, 0) is 6.61 Å². The minimum atomic E-state index is -0.584. The highest BCUT2D eigenvalue weighted by atomic mass is 19.1. The van der Waals surface area contributed by atoms with E-state index in [4.69, 9.17) is 10.4 Å². The maximum atomic E-state index is 12.7. The molecule has 1 N–H and O–H groups in total. The summed E-state index contributed by atoms with van der Waals surface area (Å²) < 4.78 is 12.7. The van der Waals surface area contributed by atoms with Crippen molar-refractivity contribution < 1.29 is 9.50 Å². The second-order valence-corrected chi connectivity index (χ2v) is 2.08. The number of aliphatic hydroxyl groups is 1. The molecule has 0 saturated carbocycles. The molecule has 0 aromatic heterocycles. The van der Waals surface area contributed by atoms with Crippen LogP contribution in [0.5, 0.6) is 0 Å². The lowest BCUT2D eigenvalue weighted by molar-refractivity contribution is 0.281. The Balaban J connectivity index is 0. The zero-order chi connectivity index (χ0) is 10.3. The van der Waals surface area contributed by atoms with Crippen molar-refractivity contribution in [2.75, 3.05) is 0 Å². The molecule has 1 rings (SSSR count). The van der Waals surface area contributed by atoms with Gasteiger partial charge >= 0.3 is 0 Å². The predicted molar refractivity (Wildman–Crippen MR) is 55.1 cm³/mol. The van der Waals surface area contributed by atoms with E-state index in [1.807, 2.05) is 13.8 Å². The summed E-state index contributed by atoms with van der Waals surface area (Å²) in [6.45, 7) is 3.79. The Morgan fingerprint density at radius 2 is 2.00 bits per heavy atom. The van der Waals surface area contributed by atoms with E-state index in [0.29, 0.717) is 5.56 Å². The van der Waals surface area contributed by atoms with Gasteiger partial charge in [-0.25, -0.2) is 4.39 Å². The van der Waals surface area contributed by atoms with Gasteiger partial charge in [0, 0.05) is 0 Å². The van der Waals surface area contributed by atoms with Crippen LogP contribution in [-0.4, -0.2) is 5.11 Å². The highest BCUT2D eigenvalue weighted by Gasteiger charge is 2.00. The van der Waals surface area contributed by atoms with E-state index in [2.05, 4.69) is 0 Å². The highest BCUT2D eigenvalue weighted by molar-refractivity contribution is 5.33. The summed E-state index contributed by atoms with van der Waals surface area (Å²) in [5.41, 5.74) is 0.476. The Morgan fingerprint density at radius 3 is 2.36 bits per heavy atom. The van der Waals surface area contributed by atoms with Gasteiger partial charge in [-0.05, 0) is 17.7 Å². The molecule has 0 amide bonds. The Morgan fingerprint density at radius 1 is 1.43 bits per heavy atom. The molecule has 14 heavy (non-hydrogen) atoms. The summed E-state index contributed by atoms with van der Waals surface area (Å²) in [6, 6.07) is 5.70. The van der Waals surface area contributed by atoms with E-state index in [1.54, 1.807) is 6.07 Å². The first-order valence-electron chi connectivity index (χ1n) is 4.07. The van der Waals surface area contributed by atoms with Gasteiger partial charge in [-0.2, -0.15) is 5.26 Å². The van der Waals surface area contributed by atoms with Crippen LogP contribution in [0.4, 0.5) is 4.39 Å². The Bertz CT molecular complexity index is 305. The largest absolute Gasteiger partial charge is 0.392 e. The molecule has 78 valence electrons. The zero-order valence-corrected chi connectivity index (χ0v) is 7.71. The molecule has 0 fully saturated rings. The molecule has 0 unspecified atom stereocenters. The number of halogens is 1. The molecule has 0 saturated heterocycles. The Labute approximate surface area is 84.6 Å². The van der Waals surface area contributed by atoms with Crippen molar-refractivity contribution in [2.24, 2.45) is 0 Å². The van der Waals surface area contributed by atoms with Crippen molar-refractivity contribution in [3.05, 3.63) is 35.1 Å². The predicted octanol–water partition coefficient (Wildman–Crippen LogP) is 2.85. The molecule has 0 radical (unpaired) electrons. The molecule has 0 bridgehead atoms. The molecule has 3 heteroatoms. The van der Waals surface area contributed by atoms with Crippen LogP contribution in [0.3, 0.4) is 0 Å². The minimum Gasteiger partial charge on any atom is -0.392 e. The van der Waals surface area contributed by atoms with Crippen molar-refractivity contribution in [3.63, 3.8) is 0 Å². The number of nitriles is 1. The van der Waals surface area contributed by atoms with Crippen molar-refractivity contribution in [3.8, 4) is 6.07 Å². The van der Waals surface area contributed by atoms with E-state index < -0.39 is 5.82 Å². The molecule has 0 aliphatic heterocycles. The number of aliphatic hydroxyl groups excluding tert-OH is 1. The molecule has 0 spiro atoms. The number of hydrogen-bond acceptors (Lipinski definition) is 2. The molecular formula is C11H16FNO. The monoisotopic (exact) mass is 197 g/mol. The third-order valence-corrected chi connectivity index (χ3v) is 1.34. The second kappa shape index (κ2) is 8.21. The standard InChI is InChI=1S/C8H6FNO.C2H6.CH4/c9-8-3-6(5-11)1-2-7(8)4-10;1-2;/h1-3,11H,5H2;1-2H3;1H4. The van der Waals surface area contributed by atoms with Gasteiger partial charge in [0.2, 0.25) is 0 Å². The number of nitrogens with zero attached hydrogens (tertiary/aromatic N) is 1. The molecule has 0 atom stereocenters. The van der Waals surface area contributed by atoms with Gasteiger partial charge in [0.1, 0.15) is 11.9 Å². The van der Waals surface area contributed by atoms with Crippen LogP contribution in [0.25, 0.3) is 0 Å². The molecule has 0 aliphatic rings. The van der Waals surface area contributed by atoms with E-state index in [-0.39, 0.29) is 19.6 Å². The van der Waals surface area contributed by atoms with Gasteiger partial charge in [0.05, 0.1) is 12.2 Å². The summed E-state index contributed by atoms with van der Waals surface area (Å²) in [7, 11) is 0. The van der Waals surface area contributed by atoms with Crippen molar-refractivity contribution in [1.29, 1.82) is 5.26 Å². The van der Waals surface area contributed by atoms with Crippen LogP contribution < -0.4 is 0 Å². The summed E-state index contributed by atoms with van der Waals surface area (Å²) in [5, 5.41) is 16.9. The van der Waals surface area contributed by atoms with E-state index in [1.165, 1.54) is 12.1 Å². The molecular weight excluding hydrogens is 181 g/mol. The van der Waals surface area contributed by atoms with E-state index >= 15 is 0 Å². The number of benzene rings is 1. The number of rotatable bonds is 1. The lowest BCUT2D eigenvalue weighted by atomic mass is 10.1. The Hall–Kier alpha value is -1.40. The average molecular weight is 197 g/mol. The maximum Gasteiger partial charge on any atom is 0.141 e. The van der Waals surface area contributed by atoms with Crippen molar-refractivity contribution in [2.45, 2.75) is 27.9 Å². The quantitative estimate of drug-likeness (QED) is 0.752. The van der Waals surface area contributed by atoms with Gasteiger partial charge in [-0.3, -0.25) is 0 Å². The number of hydrogen-bond donors (Lipinski definition) is 1. The van der Waals surface area contributed by atoms with Gasteiger partial charge in [0.25, 0.3) is 0 Å². The lowest BCUT2D eigenvalue weighted by Gasteiger charge is -1.96. The first-order chi connectivity index (χ1) is 6.27. The first-order valence-corrected chi connectivity index (χ1v) is 4.07. The SMILES string of the molecule is C.CC.N#Cc1ccc(CO)cc1F. The summed E-state index contributed by atoms with van der Waals surface area (Å²) in [4.78, 5) is 0. The summed E-state index contributed by atoms with van der Waals surface area (Å²) >= 11 is 0. The van der Waals surface area contributed by atoms with Crippen LogP contribution in [0, 0.1) is 17.1 Å². The van der Waals surface area contributed by atoms with E-state index in [0.717, 1.165) is 6.07 Å². The third kappa shape index (κ3) is 4.01. The minimum absolute atomic E-state index is 0. The first kappa shape index (κ1) is 15.1. The van der Waals surface area contributed by atoms with Crippen molar-refractivity contribution >= 4 is 0 Å². The van der Waals surface area contributed by atoms with Gasteiger partial charge in [-0.15, -0.1) is 0 Å². The molecule has 1 aromatic rings. The van der Waals surface area contributed by atoms with Gasteiger partial charge < -0.3 is 5.11 Å². The maximum absolute atomic E-state index is 12.7. The van der Waals surface area contributed by atoms with Crippen LogP contribution in [0.1, 0.15) is 32.4 Å². The molecule has 1 aromatic carbocycles. The fourth-order valence-electron chi connectivity index (χ4n) is 0.748. The zero-order valence-electron chi connectivity index (χ0n) is 7.71. The van der Waals surface area contributed by atoms with Gasteiger partial charge in [0.15, 0.2) is 0 Å². The molecule has 0 aliphatic carbocycles. The summed E-state index contributed by atoms with van der Waals surface area (Å²) in [6.07, 6.45) is 0. The third-order valence-electron chi connectivity index (χ3n) is 1.34. The molecule has 2 nitrogen and oxygen atoms in total. The average Bonchev–Trinajstić information content (AvgIpc) is 2.20. The topological polar surface area (TPSA) is 44.0 Å². The fraction of sp³-hybridized carbons (Fsp3) is 0.364. The van der Waals surface area contributed by atoms with Crippen LogP contribution in [0.2, 0.25) is 0 Å². The highest BCUT2D eigenvalue weighted by Crippen LogP contribution is 2.08. The lowest BCUT2D eigenvalue weighted by Crippen LogP contribution is -1.88.